The topological polar surface area (TPSA) is 35.0 Å². The lowest BCUT2D eigenvalue weighted by molar-refractivity contribution is 0.218. The van der Waals surface area contributed by atoms with E-state index in [-0.39, 0.29) is 18.8 Å². The summed E-state index contributed by atoms with van der Waals surface area (Å²) in [6, 6.07) is 4.72. The molecular formula is C30H46F2N2O. The van der Waals surface area contributed by atoms with Crippen LogP contribution in [0.25, 0.3) is 11.4 Å². The summed E-state index contributed by atoms with van der Waals surface area (Å²) in [5.74, 6) is 0.177. The van der Waals surface area contributed by atoms with Crippen LogP contribution in [0.2, 0.25) is 0 Å². The van der Waals surface area contributed by atoms with Gasteiger partial charge >= 0.3 is 0 Å². The van der Waals surface area contributed by atoms with Crippen LogP contribution in [0, 0.1) is 5.82 Å². The zero-order valence-electron chi connectivity index (χ0n) is 22.0. The highest BCUT2D eigenvalue weighted by Crippen LogP contribution is 2.24. The molecule has 5 heteroatoms. The smallest absolute Gasteiger partial charge is 0.165 e. The summed E-state index contributed by atoms with van der Waals surface area (Å²) >= 11 is 0. The van der Waals surface area contributed by atoms with Gasteiger partial charge < -0.3 is 4.74 Å². The van der Waals surface area contributed by atoms with Gasteiger partial charge in [-0.1, -0.05) is 90.9 Å². The van der Waals surface area contributed by atoms with Gasteiger partial charge in [0.2, 0.25) is 0 Å². The number of benzene rings is 1. The number of unbranched alkanes of at least 4 members (excludes halogenated alkanes) is 11. The molecule has 0 saturated heterocycles. The van der Waals surface area contributed by atoms with Crippen LogP contribution in [0.1, 0.15) is 116 Å². The summed E-state index contributed by atoms with van der Waals surface area (Å²) in [6.07, 6.45) is 20.8. The summed E-state index contributed by atoms with van der Waals surface area (Å²) in [4.78, 5) is 8.87. The fourth-order valence-corrected chi connectivity index (χ4v) is 4.26. The second kappa shape index (κ2) is 18.3. The molecule has 1 aromatic carbocycles. The van der Waals surface area contributed by atoms with Gasteiger partial charge in [0.25, 0.3) is 0 Å². The van der Waals surface area contributed by atoms with Gasteiger partial charge in [0.1, 0.15) is 6.17 Å². The van der Waals surface area contributed by atoms with Crippen molar-refractivity contribution in [2.75, 3.05) is 6.61 Å². The first kappa shape index (κ1) is 29.2. The zero-order valence-corrected chi connectivity index (χ0v) is 22.0. The molecule has 0 aliphatic rings. The monoisotopic (exact) mass is 488 g/mol. The Bertz CT molecular complexity index is 797. The first-order valence-electron chi connectivity index (χ1n) is 14.0. The maximum atomic E-state index is 14.5. The SMILES string of the molecule is CCCCCCCCCCCCc1cnc(-c2ccc(OCCC(F)CCCCC)c(F)c2)nc1. The molecule has 2 rings (SSSR count). The first-order chi connectivity index (χ1) is 17.1. The molecule has 3 nitrogen and oxygen atoms in total. The van der Waals surface area contributed by atoms with Crippen LogP contribution in [0.3, 0.4) is 0 Å². The Balaban J connectivity index is 1.67. The Kier molecular flexibility index (Phi) is 15.2. The molecule has 0 aliphatic carbocycles. The van der Waals surface area contributed by atoms with E-state index in [0.717, 1.165) is 37.7 Å². The van der Waals surface area contributed by atoms with Crippen molar-refractivity contribution in [1.82, 2.24) is 9.97 Å². The van der Waals surface area contributed by atoms with Crippen LogP contribution >= 0.6 is 0 Å². The molecule has 196 valence electrons. The number of ether oxygens (including phenoxy) is 1. The van der Waals surface area contributed by atoms with Crippen molar-refractivity contribution in [3.63, 3.8) is 0 Å². The second-order valence-corrected chi connectivity index (χ2v) is 9.72. The fourth-order valence-electron chi connectivity index (χ4n) is 4.26. The Morgan fingerprint density at radius 1 is 0.771 bits per heavy atom. The lowest BCUT2D eigenvalue weighted by Gasteiger charge is -2.11. The van der Waals surface area contributed by atoms with E-state index in [9.17, 15) is 8.78 Å². The third-order valence-electron chi connectivity index (χ3n) is 6.52. The van der Waals surface area contributed by atoms with E-state index in [0.29, 0.717) is 17.8 Å². The zero-order chi connectivity index (χ0) is 25.1. The molecule has 1 atom stereocenters. The number of aromatic nitrogens is 2. The molecule has 0 fully saturated rings. The van der Waals surface area contributed by atoms with E-state index >= 15 is 0 Å². The molecule has 0 amide bonds. The van der Waals surface area contributed by atoms with Gasteiger partial charge in [-0.3, -0.25) is 0 Å². The van der Waals surface area contributed by atoms with Crippen LogP contribution < -0.4 is 4.74 Å². The average Bonchev–Trinajstić information content (AvgIpc) is 2.86. The molecule has 1 heterocycles. The van der Waals surface area contributed by atoms with Crippen molar-refractivity contribution < 1.29 is 13.5 Å². The van der Waals surface area contributed by atoms with Crippen LogP contribution in [0.15, 0.2) is 30.6 Å². The summed E-state index contributed by atoms with van der Waals surface area (Å²) in [5.41, 5.74) is 1.73. The molecular weight excluding hydrogens is 442 g/mol. The Morgan fingerprint density at radius 3 is 2.00 bits per heavy atom. The number of hydrogen-bond acceptors (Lipinski definition) is 3. The quantitative estimate of drug-likeness (QED) is 0.174. The predicted molar refractivity (Wildman–Crippen MR) is 142 cm³/mol. The third-order valence-corrected chi connectivity index (χ3v) is 6.52. The van der Waals surface area contributed by atoms with Crippen molar-refractivity contribution in [3.8, 4) is 17.1 Å². The lowest BCUT2D eigenvalue weighted by Crippen LogP contribution is -2.08. The van der Waals surface area contributed by atoms with Crippen molar-refractivity contribution >= 4 is 0 Å². The molecule has 35 heavy (non-hydrogen) atoms. The van der Waals surface area contributed by atoms with E-state index in [4.69, 9.17) is 4.74 Å². The molecule has 0 N–H and O–H groups in total. The minimum absolute atomic E-state index is 0.145. The van der Waals surface area contributed by atoms with Crippen molar-refractivity contribution in [2.24, 2.45) is 0 Å². The molecule has 0 radical (unpaired) electrons. The van der Waals surface area contributed by atoms with Crippen LogP contribution in [-0.2, 0) is 6.42 Å². The molecule has 0 saturated carbocycles. The fraction of sp³-hybridized carbons (Fsp3) is 0.667. The summed E-state index contributed by atoms with van der Waals surface area (Å²) < 4.78 is 33.8. The summed E-state index contributed by atoms with van der Waals surface area (Å²) in [7, 11) is 0. The highest BCUT2D eigenvalue weighted by molar-refractivity contribution is 5.56. The average molecular weight is 489 g/mol. The third kappa shape index (κ3) is 12.5. The summed E-state index contributed by atoms with van der Waals surface area (Å²) in [6.45, 7) is 4.53. The lowest BCUT2D eigenvalue weighted by atomic mass is 10.0. The van der Waals surface area contributed by atoms with Gasteiger partial charge in [-0.15, -0.1) is 0 Å². The van der Waals surface area contributed by atoms with Crippen molar-refractivity contribution in [2.45, 2.75) is 123 Å². The highest BCUT2D eigenvalue weighted by Gasteiger charge is 2.11. The van der Waals surface area contributed by atoms with Gasteiger partial charge in [-0.05, 0) is 43.0 Å². The number of halogens is 2. The largest absolute Gasteiger partial charge is 0.490 e. The van der Waals surface area contributed by atoms with Gasteiger partial charge in [0.05, 0.1) is 6.61 Å². The molecule has 0 spiro atoms. The Labute approximate surface area is 212 Å². The van der Waals surface area contributed by atoms with E-state index < -0.39 is 12.0 Å². The minimum atomic E-state index is -0.892. The van der Waals surface area contributed by atoms with Gasteiger partial charge in [-0.25, -0.2) is 18.7 Å². The number of rotatable bonds is 20. The first-order valence-corrected chi connectivity index (χ1v) is 14.0. The Morgan fingerprint density at radius 2 is 1.37 bits per heavy atom. The van der Waals surface area contributed by atoms with E-state index in [2.05, 4.69) is 23.8 Å². The maximum Gasteiger partial charge on any atom is 0.165 e. The Hall–Kier alpha value is -2.04. The second-order valence-electron chi connectivity index (χ2n) is 9.72. The number of nitrogens with zero attached hydrogens (tertiary/aromatic N) is 2. The molecule has 2 aromatic rings. The van der Waals surface area contributed by atoms with E-state index in [1.165, 1.54) is 63.9 Å². The van der Waals surface area contributed by atoms with Crippen LogP contribution in [-0.4, -0.2) is 22.7 Å². The van der Waals surface area contributed by atoms with Crippen LogP contribution in [0.5, 0.6) is 5.75 Å². The van der Waals surface area contributed by atoms with Gasteiger partial charge in [0, 0.05) is 24.4 Å². The summed E-state index contributed by atoms with van der Waals surface area (Å²) in [5, 5.41) is 0. The normalized spacial score (nSPS) is 12.1. The van der Waals surface area contributed by atoms with Crippen LogP contribution in [0.4, 0.5) is 8.78 Å². The highest BCUT2D eigenvalue weighted by atomic mass is 19.1. The van der Waals surface area contributed by atoms with Crippen molar-refractivity contribution in [1.29, 1.82) is 0 Å². The van der Waals surface area contributed by atoms with E-state index in [1.807, 2.05) is 12.4 Å². The molecule has 0 aliphatic heterocycles. The number of aryl methyl sites for hydroxylation is 1. The standard InChI is InChI=1S/C30H46F2N2O/c1-3-5-7-8-9-10-11-12-13-15-16-25-23-33-30(34-24-25)26-18-19-29(28(32)22-26)35-21-20-27(31)17-14-6-4-2/h18-19,22-24,27H,3-17,20-21H2,1-2H3. The number of alkyl halides is 1. The maximum absolute atomic E-state index is 14.5. The number of hydrogen-bond donors (Lipinski definition) is 0. The molecule has 0 bridgehead atoms. The van der Waals surface area contributed by atoms with Crippen molar-refractivity contribution in [3.05, 3.63) is 42.0 Å². The molecule has 1 unspecified atom stereocenters. The van der Waals surface area contributed by atoms with Gasteiger partial charge in [-0.2, -0.15) is 0 Å². The minimum Gasteiger partial charge on any atom is -0.490 e. The molecule has 1 aromatic heterocycles. The van der Waals surface area contributed by atoms with Gasteiger partial charge in [0.15, 0.2) is 17.4 Å². The predicted octanol–water partition coefficient (Wildman–Crippen LogP) is 9.43. The van der Waals surface area contributed by atoms with E-state index in [1.54, 1.807) is 12.1 Å².